The van der Waals surface area contributed by atoms with Crippen molar-refractivity contribution in [3.8, 4) is 0 Å². The summed E-state index contributed by atoms with van der Waals surface area (Å²) in [5.74, 6) is 0.739. The van der Waals surface area contributed by atoms with Crippen LogP contribution in [0.4, 0.5) is 0 Å². The molecule has 0 aromatic heterocycles. The maximum absolute atomic E-state index is 5.45. The minimum absolute atomic E-state index is 0.739. The van der Waals surface area contributed by atoms with E-state index in [0.29, 0.717) is 0 Å². The lowest BCUT2D eigenvalue weighted by Crippen LogP contribution is -2.21. The maximum Gasteiger partial charge on any atom is 0.0478 e. The van der Waals surface area contributed by atoms with Crippen molar-refractivity contribution in [1.82, 2.24) is 5.32 Å². The molecule has 14 heavy (non-hydrogen) atoms. The smallest absolute Gasteiger partial charge is 0.0478 e. The second kappa shape index (κ2) is 10.7. The van der Waals surface area contributed by atoms with Gasteiger partial charge in [0.15, 0.2) is 0 Å². The molecule has 0 saturated heterocycles. The summed E-state index contributed by atoms with van der Waals surface area (Å²) in [6, 6.07) is 0. The lowest BCUT2D eigenvalue weighted by molar-refractivity contribution is 0.130. The average Bonchev–Trinajstić information content (AvgIpc) is 2.15. The number of rotatable bonds is 10. The van der Waals surface area contributed by atoms with E-state index in [1.54, 1.807) is 0 Å². The summed E-state index contributed by atoms with van der Waals surface area (Å²) in [6.45, 7) is 12.0. The fourth-order valence-electron chi connectivity index (χ4n) is 1.12. The molecule has 0 rings (SSSR count). The van der Waals surface area contributed by atoms with Gasteiger partial charge >= 0.3 is 0 Å². The molecule has 0 radical (unpaired) electrons. The Morgan fingerprint density at radius 3 is 2.64 bits per heavy atom. The van der Waals surface area contributed by atoms with Crippen LogP contribution in [0, 0.1) is 5.92 Å². The molecule has 0 aliphatic rings. The van der Waals surface area contributed by atoms with Gasteiger partial charge in [-0.05, 0) is 38.3 Å². The highest BCUT2D eigenvalue weighted by Crippen LogP contribution is 1.91. The molecular weight excluding hydrogens is 174 g/mol. The van der Waals surface area contributed by atoms with E-state index in [2.05, 4.69) is 25.7 Å². The fraction of sp³-hybridized carbons (Fsp3) is 0.833. The monoisotopic (exact) mass is 199 g/mol. The molecule has 0 aromatic rings. The highest BCUT2D eigenvalue weighted by molar-refractivity contribution is 4.64. The van der Waals surface area contributed by atoms with Gasteiger partial charge in [-0.1, -0.05) is 19.9 Å². The number of unbranched alkanes of at least 4 members (excludes halogenated alkanes) is 1. The molecule has 0 aliphatic heterocycles. The molecule has 1 N–H and O–H groups in total. The highest BCUT2D eigenvalue weighted by atomic mass is 16.5. The second-order valence-corrected chi connectivity index (χ2v) is 3.99. The maximum atomic E-state index is 5.45. The third-order valence-electron chi connectivity index (χ3n) is 1.89. The van der Waals surface area contributed by atoms with Gasteiger partial charge in [0.1, 0.15) is 0 Å². The van der Waals surface area contributed by atoms with E-state index in [1.807, 2.05) is 6.08 Å². The van der Waals surface area contributed by atoms with E-state index in [1.165, 1.54) is 0 Å². The number of nitrogens with one attached hydrogen (secondary N) is 1. The van der Waals surface area contributed by atoms with Crippen molar-refractivity contribution in [1.29, 1.82) is 0 Å². The van der Waals surface area contributed by atoms with Crippen molar-refractivity contribution < 1.29 is 4.74 Å². The Balaban J connectivity index is 2.88. The van der Waals surface area contributed by atoms with E-state index in [0.717, 1.165) is 51.5 Å². The molecule has 0 aliphatic carbocycles. The van der Waals surface area contributed by atoms with E-state index in [9.17, 15) is 0 Å². The van der Waals surface area contributed by atoms with E-state index >= 15 is 0 Å². The molecule has 84 valence electrons. The molecular formula is C12H25NO. The molecule has 2 heteroatoms. The quantitative estimate of drug-likeness (QED) is 0.431. The summed E-state index contributed by atoms with van der Waals surface area (Å²) in [7, 11) is 0. The van der Waals surface area contributed by atoms with Crippen molar-refractivity contribution in [2.45, 2.75) is 33.1 Å². The van der Waals surface area contributed by atoms with Crippen molar-refractivity contribution in [3.05, 3.63) is 12.7 Å². The molecule has 0 saturated carbocycles. The zero-order valence-electron chi connectivity index (χ0n) is 9.72. The average molecular weight is 199 g/mol. The zero-order chi connectivity index (χ0) is 10.6. The summed E-state index contributed by atoms with van der Waals surface area (Å²) >= 11 is 0. The summed E-state index contributed by atoms with van der Waals surface area (Å²) in [6.07, 6.45) is 5.21. The van der Waals surface area contributed by atoms with E-state index in [4.69, 9.17) is 4.74 Å². The van der Waals surface area contributed by atoms with E-state index in [-0.39, 0.29) is 0 Å². The van der Waals surface area contributed by atoms with Crippen LogP contribution in [0.25, 0.3) is 0 Å². The van der Waals surface area contributed by atoms with E-state index < -0.39 is 0 Å². The van der Waals surface area contributed by atoms with Crippen molar-refractivity contribution in [3.63, 3.8) is 0 Å². The van der Waals surface area contributed by atoms with Gasteiger partial charge in [0, 0.05) is 13.2 Å². The van der Waals surface area contributed by atoms with Crippen LogP contribution >= 0.6 is 0 Å². The number of hydrogen-bond donors (Lipinski definition) is 1. The number of hydrogen-bond acceptors (Lipinski definition) is 2. The molecule has 0 unspecified atom stereocenters. The normalized spacial score (nSPS) is 10.8. The molecule has 0 fully saturated rings. The highest BCUT2D eigenvalue weighted by Gasteiger charge is 1.92. The Labute approximate surface area is 88.7 Å². The predicted molar refractivity (Wildman–Crippen MR) is 62.6 cm³/mol. The molecule has 2 nitrogen and oxygen atoms in total. The molecule has 0 heterocycles. The largest absolute Gasteiger partial charge is 0.381 e. The van der Waals surface area contributed by atoms with Crippen LogP contribution in [-0.2, 0) is 4.74 Å². The minimum atomic E-state index is 0.739. The first-order valence-corrected chi connectivity index (χ1v) is 5.66. The van der Waals surface area contributed by atoms with Crippen LogP contribution in [0.5, 0.6) is 0 Å². The zero-order valence-corrected chi connectivity index (χ0v) is 9.72. The summed E-state index contributed by atoms with van der Waals surface area (Å²) < 4.78 is 5.45. The van der Waals surface area contributed by atoms with Crippen LogP contribution < -0.4 is 5.32 Å². The summed E-state index contributed by atoms with van der Waals surface area (Å²) in [4.78, 5) is 0. The molecule has 0 bridgehead atoms. The SMILES string of the molecule is C=CCCCOCCCNCC(C)C. The van der Waals surface area contributed by atoms with Crippen molar-refractivity contribution >= 4 is 0 Å². The second-order valence-electron chi connectivity index (χ2n) is 3.99. The van der Waals surface area contributed by atoms with Crippen molar-refractivity contribution in [2.24, 2.45) is 5.92 Å². The van der Waals surface area contributed by atoms with Gasteiger partial charge in [-0.15, -0.1) is 6.58 Å². The third-order valence-corrected chi connectivity index (χ3v) is 1.89. The van der Waals surface area contributed by atoms with Crippen LogP contribution in [-0.4, -0.2) is 26.3 Å². The van der Waals surface area contributed by atoms with Gasteiger partial charge in [0.05, 0.1) is 0 Å². The molecule has 0 spiro atoms. The molecule has 0 atom stereocenters. The van der Waals surface area contributed by atoms with Gasteiger partial charge in [-0.3, -0.25) is 0 Å². The first kappa shape index (κ1) is 13.7. The number of ether oxygens (including phenoxy) is 1. The lowest BCUT2D eigenvalue weighted by atomic mass is 10.2. The van der Waals surface area contributed by atoms with Crippen molar-refractivity contribution in [2.75, 3.05) is 26.3 Å². The summed E-state index contributed by atoms with van der Waals surface area (Å²) in [5.41, 5.74) is 0. The summed E-state index contributed by atoms with van der Waals surface area (Å²) in [5, 5.41) is 3.39. The topological polar surface area (TPSA) is 21.3 Å². The Bertz CT molecular complexity index is 123. The van der Waals surface area contributed by atoms with Gasteiger partial charge in [-0.2, -0.15) is 0 Å². The van der Waals surface area contributed by atoms with Gasteiger partial charge in [0.2, 0.25) is 0 Å². The van der Waals surface area contributed by atoms with Gasteiger partial charge in [-0.25, -0.2) is 0 Å². The molecule has 0 amide bonds. The standard InChI is InChI=1S/C12H25NO/c1-4-5-6-9-14-10-7-8-13-11-12(2)3/h4,12-13H,1,5-11H2,2-3H3. The van der Waals surface area contributed by atoms with Gasteiger partial charge < -0.3 is 10.1 Å². The Morgan fingerprint density at radius 2 is 2.00 bits per heavy atom. The van der Waals surface area contributed by atoms with Crippen LogP contribution in [0.2, 0.25) is 0 Å². The van der Waals surface area contributed by atoms with Crippen LogP contribution in [0.3, 0.4) is 0 Å². The van der Waals surface area contributed by atoms with Gasteiger partial charge in [0.25, 0.3) is 0 Å². The lowest BCUT2D eigenvalue weighted by Gasteiger charge is -2.07. The Kier molecular flexibility index (Phi) is 10.5. The van der Waals surface area contributed by atoms with Crippen LogP contribution in [0.1, 0.15) is 33.1 Å². The minimum Gasteiger partial charge on any atom is -0.381 e. The number of allylic oxidation sites excluding steroid dienone is 1. The predicted octanol–water partition coefficient (Wildman–Crippen LogP) is 2.60. The fourth-order valence-corrected chi connectivity index (χ4v) is 1.12. The van der Waals surface area contributed by atoms with Crippen LogP contribution in [0.15, 0.2) is 12.7 Å². The Hall–Kier alpha value is -0.340. The molecule has 0 aromatic carbocycles. The third kappa shape index (κ3) is 11.7. The first-order chi connectivity index (χ1) is 6.77. The first-order valence-electron chi connectivity index (χ1n) is 5.66. The Morgan fingerprint density at radius 1 is 1.29 bits per heavy atom.